The van der Waals surface area contributed by atoms with Gasteiger partial charge < -0.3 is 33.8 Å². The molecule has 97 heavy (non-hydrogen) atoms. The van der Waals surface area contributed by atoms with Gasteiger partial charge in [0.1, 0.15) is 19.3 Å². The molecule has 5 atom stereocenters. The molecule has 572 valence electrons. The highest BCUT2D eigenvalue weighted by atomic mass is 31.2. The quantitative estimate of drug-likeness (QED) is 0.0169. The van der Waals surface area contributed by atoms with Crippen LogP contribution in [0.1, 0.15) is 382 Å². The summed E-state index contributed by atoms with van der Waals surface area (Å²) in [6.07, 6.45) is 60.5. The number of aliphatic hydroxyl groups excluding tert-OH is 1. The van der Waals surface area contributed by atoms with Crippen LogP contribution in [0.2, 0.25) is 0 Å². The number of hydrogen-bond acceptors (Lipinski definition) is 15. The van der Waals surface area contributed by atoms with E-state index >= 15 is 0 Å². The van der Waals surface area contributed by atoms with Crippen LogP contribution in [0, 0.1) is 11.8 Å². The van der Waals surface area contributed by atoms with Crippen molar-refractivity contribution in [2.24, 2.45) is 11.8 Å². The van der Waals surface area contributed by atoms with Crippen LogP contribution in [0.5, 0.6) is 0 Å². The fourth-order valence-electron chi connectivity index (χ4n) is 11.5. The van der Waals surface area contributed by atoms with Crippen LogP contribution in [-0.2, 0) is 65.4 Å². The second-order valence-electron chi connectivity index (χ2n) is 28.4. The molecule has 0 saturated carbocycles. The van der Waals surface area contributed by atoms with E-state index in [0.717, 1.165) is 121 Å². The first-order valence-electron chi connectivity index (χ1n) is 39.8. The third-order valence-corrected chi connectivity index (χ3v) is 19.5. The number of carbonyl (C=O) groups is 4. The molecule has 0 aliphatic carbocycles. The Hall–Kier alpha value is -2.46. The second-order valence-corrected chi connectivity index (χ2v) is 31.3. The van der Waals surface area contributed by atoms with Gasteiger partial charge in [0.05, 0.1) is 26.4 Å². The fraction of sp³-hybridized carbons (Fsp3) is 0.897. The number of hydrogen-bond donors (Lipinski definition) is 3. The zero-order valence-corrected chi connectivity index (χ0v) is 64.7. The van der Waals surface area contributed by atoms with Crippen molar-refractivity contribution in [1.29, 1.82) is 0 Å². The van der Waals surface area contributed by atoms with Crippen LogP contribution in [0.3, 0.4) is 0 Å². The Balaban J connectivity index is 5.28. The molecule has 17 nitrogen and oxygen atoms in total. The van der Waals surface area contributed by atoms with E-state index in [1.54, 1.807) is 0 Å². The van der Waals surface area contributed by atoms with E-state index in [1.807, 2.05) is 0 Å². The SMILES string of the molecule is CCCCCC/C=C\C=C/CCCCCCCC(=O)OC[C@H](COP(=O)(O)OC[C@@H](O)COP(=O)(O)OC[C@@H](COC(=O)CCCCCCCCCC(C)C)OC(=O)CCCCCCCCCCCCCC(C)C)OC(=O)CCCCCCCCCCCCCCCCCCCC. The van der Waals surface area contributed by atoms with Gasteiger partial charge in [0.2, 0.25) is 0 Å². The highest BCUT2D eigenvalue weighted by Gasteiger charge is 2.30. The summed E-state index contributed by atoms with van der Waals surface area (Å²) in [4.78, 5) is 72.9. The largest absolute Gasteiger partial charge is 0.472 e. The lowest BCUT2D eigenvalue weighted by Crippen LogP contribution is -2.30. The van der Waals surface area contributed by atoms with Gasteiger partial charge in [0.25, 0.3) is 0 Å². The number of phosphoric ester groups is 2. The lowest BCUT2D eigenvalue weighted by atomic mass is 10.0. The van der Waals surface area contributed by atoms with Crippen molar-refractivity contribution in [3.05, 3.63) is 24.3 Å². The van der Waals surface area contributed by atoms with Crippen molar-refractivity contribution >= 4 is 39.5 Å². The number of allylic oxidation sites excluding steroid dienone is 4. The predicted molar refractivity (Wildman–Crippen MR) is 395 cm³/mol. The topological polar surface area (TPSA) is 237 Å². The van der Waals surface area contributed by atoms with Crippen molar-refractivity contribution in [1.82, 2.24) is 0 Å². The van der Waals surface area contributed by atoms with Gasteiger partial charge >= 0.3 is 39.5 Å². The Morgan fingerprint density at radius 1 is 0.320 bits per heavy atom. The van der Waals surface area contributed by atoms with Crippen molar-refractivity contribution in [2.75, 3.05) is 39.6 Å². The van der Waals surface area contributed by atoms with Gasteiger partial charge in [-0.1, -0.05) is 329 Å². The molecule has 0 aromatic carbocycles. The van der Waals surface area contributed by atoms with Gasteiger partial charge in [-0.15, -0.1) is 0 Å². The first-order chi connectivity index (χ1) is 46.9. The maximum atomic E-state index is 13.1. The monoisotopic (exact) mass is 1420 g/mol. The molecule has 0 rings (SSSR count). The molecule has 0 amide bonds. The summed E-state index contributed by atoms with van der Waals surface area (Å²) in [6, 6.07) is 0. The number of esters is 4. The van der Waals surface area contributed by atoms with Crippen LogP contribution in [0.4, 0.5) is 0 Å². The highest BCUT2D eigenvalue weighted by molar-refractivity contribution is 7.47. The molecule has 0 saturated heterocycles. The lowest BCUT2D eigenvalue weighted by Gasteiger charge is -2.21. The second kappa shape index (κ2) is 69.3. The van der Waals surface area contributed by atoms with Gasteiger partial charge in [-0.05, 0) is 63.2 Å². The molecule has 0 aromatic heterocycles. The first kappa shape index (κ1) is 94.5. The van der Waals surface area contributed by atoms with E-state index in [4.69, 9.17) is 37.0 Å². The Bertz CT molecular complexity index is 1970. The zero-order valence-electron chi connectivity index (χ0n) is 62.9. The Morgan fingerprint density at radius 3 is 0.845 bits per heavy atom. The molecule has 0 aromatic rings. The van der Waals surface area contributed by atoms with E-state index < -0.39 is 97.5 Å². The molecule has 0 aliphatic heterocycles. The van der Waals surface area contributed by atoms with E-state index in [2.05, 4.69) is 65.8 Å². The van der Waals surface area contributed by atoms with E-state index in [9.17, 15) is 43.2 Å². The summed E-state index contributed by atoms with van der Waals surface area (Å²) in [7, 11) is -9.93. The third kappa shape index (κ3) is 71.7. The van der Waals surface area contributed by atoms with E-state index in [0.29, 0.717) is 31.6 Å². The highest BCUT2D eigenvalue weighted by Crippen LogP contribution is 2.45. The van der Waals surface area contributed by atoms with Crippen LogP contribution in [0.25, 0.3) is 0 Å². The molecule has 2 unspecified atom stereocenters. The fourth-order valence-corrected chi connectivity index (χ4v) is 13.0. The van der Waals surface area contributed by atoms with Crippen LogP contribution in [0.15, 0.2) is 24.3 Å². The Kier molecular flexibility index (Phi) is 67.5. The smallest absolute Gasteiger partial charge is 0.462 e. The maximum Gasteiger partial charge on any atom is 0.472 e. The minimum atomic E-state index is -4.97. The number of unbranched alkanes of at least 4 members (excludes halogenated alkanes) is 42. The average molecular weight is 1420 g/mol. The Labute approximate surface area is 592 Å². The van der Waals surface area contributed by atoms with Crippen molar-refractivity contribution < 1.29 is 80.2 Å². The minimum absolute atomic E-state index is 0.101. The third-order valence-electron chi connectivity index (χ3n) is 17.6. The number of rotatable bonds is 75. The van der Waals surface area contributed by atoms with Crippen molar-refractivity contribution in [2.45, 2.75) is 400 Å². The van der Waals surface area contributed by atoms with Crippen molar-refractivity contribution in [3.8, 4) is 0 Å². The first-order valence-corrected chi connectivity index (χ1v) is 42.8. The molecule has 0 bridgehead atoms. The average Bonchev–Trinajstić information content (AvgIpc) is 1.64. The van der Waals surface area contributed by atoms with Gasteiger partial charge in [-0.3, -0.25) is 37.3 Å². The number of phosphoric acid groups is 2. The standard InChI is InChI=1S/C78H148O17P2/c1-7-9-11-13-15-17-19-21-23-24-25-27-29-33-37-43-50-56-62-77(82)94-73(66-88-75(80)60-54-48-42-36-32-28-26-22-20-18-16-14-12-10-8-2)68-92-96(84,85)90-64-72(79)65-91-97(86,87)93-69-74(67-89-76(81)61-55-49-45-39-41-47-53-59-71(5)6)95-78(83)63-57-51-44-38-34-30-31-35-40-46-52-58-70(3)4/h18,20,22,26,70-74,79H,7-17,19,21,23-25,27-69H2,1-6H3,(H,84,85)(H,86,87)/b20-18-,26-22-/t72-,73-,74-/m1/s1. The van der Waals surface area contributed by atoms with Crippen LogP contribution >= 0.6 is 15.6 Å². The molecule has 0 spiro atoms. The van der Waals surface area contributed by atoms with Crippen LogP contribution in [-0.4, -0.2) is 96.7 Å². The molecule has 0 aliphatic rings. The summed E-state index contributed by atoms with van der Waals surface area (Å²) in [5.41, 5.74) is 0. The molecule has 0 heterocycles. The van der Waals surface area contributed by atoms with Gasteiger partial charge in [-0.2, -0.15) is 0 Å². The normalized spacial score (nSPS) is 14.1. The minimum Gasteiger partial charge on any atom is -0.462 e. The van der Waals surface area contributed by atoms with Crippen LogP contribution < -0.4 is 0 Å². The lowest BCUT2D eigenvalue weighted by molar-refractivity contribution is -0.161. The summed E-state index contributed by atoms with van der Waals surface area (Å²) in [5.74, 6) is -0.677. The molecule has 0 radical (unpaired) electrons. The number of ether oxygens (including phenoxy) is 4. The van der Waals surface area contributed by atoms with Crippen molar-refractivity contribution in [3.63, 3.8) is 0 Å². The molecular formula is C78H148O17P2. The molecular weight excluding hydrogens is 1270 g/mol. The molecule has 19 heteroatoms. The maximum absolute atomic E-state index is 13.1. The van der Waals surface area contributed by atoms with E-state index in [1.165, 1.54) is 173 Å². The van der Waals surface area contributed by atoms with E-state index in [-0.39, 0.29) is 25.7 Å². The predicted octanol–water partition coefficient (Wildman–Crippen LogP) is 22.7. The van der Waals surface area contributed by atoms with Gasteiger partial charge in [-0.25, -0.2) is 9.13 Å². The van der Waals surface area contributed by atoms with Gasteiger partial charge in [0, 0.05) is 25.7 Å². The molecule has 3 N–H and O–H groups in total. The Morgan fingerprint density at radius 2 is 0.557 bits per heavy atom. The summed E-state index contributed by atoms with van der Waals surface area (Å²) in [6.45, 7) is 9.49. The number of carbonyl (C=O) groups excluding carboxylic acids is 4. The van der Waals surface area contributed by atoms with Gasteiger partial charge in [0.15, 0.2) is 12.2 Å². The summed E-state index contributed by atoms with van der Waals surface area (Å²) >= 11 is 0. The summed E-state index contributed by atoms with van der Waals surface area (Å²) < 4.78 is 68.5. The zero-order chi connectivity index (χ0) is 71.4. The molecule has 0 fully saturated rings. The summed E-state index contributed by atoms with van der Waals surface area (Å²) in [5, 5.41) is 10.6. The number of aliphatic hydroxyl groups is 1.